The topological polar surface area (TPSA) is 126 Å². The van der Waals surface area contributed by atoms with Crippen molar-refractivity contribution in [1.82, 2.24) is 35.1 Å². The normalized spacial score (nSPS) is 16.6. The maximum Gasteiger partial charge on any atom is 0.289 e. The molecule has 2 aromatic heterocycles. The van der Waals surface area contributed by atoms with Gasteiger partial charge in [-0.1, -0.05) is 60.7 Å². The number of hydrogen-bond acceptors (Lipinski definition) is 8. The zero-order valence-electron chi connectivity index (χ0n) is 25.0. The molecule has 1 fully saturated rings. The minimum atomic E-state index is -0.543. The van der Waals surface area contributed by atoms with Crippen molar-refractivity contribution in [1.29, 1.82) is 0 Å². The molecule has 5 rings (SSSR count). The van der Waals surface area contributed by atoms with E-state index in [0.29, 0.717) is 49.5 Å². The number of hydrogen-bond donors (Lipinski definition) is 3. The van der Waals surface area contributed by atoms with Crippen molar-refractivity contribution in [2.75, 3.05) is 45.6 Å². The van der Waals surface area contributed by atoms with Gasteiger partial charge in [0, 0.05) is 25.6 Å². The van der Waals surface area contributed by atoms with Gasteiger partial charge in [0.2, 0.25) is 11.7 Å². The predicted molar refractivity (Wildman–Crippen MR) is 166 cm³/mol. The van der Waals surface area contributed by atoms with Gasteiger partial charge < -0.3 is 25.6 Å². The number of likely N-dealkylation sites (N-methyl/N-ethyl adjacent to an activating group) is 1. The van der Waals surface area contributed by atoms with E-state index in [9.17, 15) is 9.59 Å². The van der Waals surface area contributed by atoms with Crippen LogP contribution in [0.1, 0.15) is 60.1 Å². The molecule has 0 bridgehead atoms. The highest BCUT2D eigenvalue weighted by molar-refractivity contribution is 5.94. The van der Waals surface area contributed by atoms with Crippen LogP contribution in [0.5, 0.6) is 0 Å². The van der Waals surface area contributed by atoms with E-state index in [1.807, 2.05) is 57.4 Å². The zero-order chi connectivity index (χ0) is 30.2. The van der Waals surface area contributed by atoms with Gasteiger partial charge >= 0.3 is 0 Å². The highest BCUT2D eigenvalue weighted by atomic mass is 16.5. The fraction of sp³-hybridized carbons (Fsp3) is 0.406. The number of aromatic nitrogens is 4. The molecule has 11 heteroatoms. The van der Waals surface area contributed by atoms with Gasteiger partial charge in [0.1, 0.15) is 12.3 Å². The maximum absolute atomic E-state index is 13.2. The first-order chi connectivity index (χ1) is 20.9. The van der Waals surface area contributed by atoms with Crippen molar-refractivity contribution in [3.05, 3.63) is 83.9 Å². The summed E-state index contributed by atoms with van der Waals surface area (Å²) in [4.78, 5) is 41.7. The van der Waals surface area contributed by atoms with Crippen LogP contribution < -0.4 is 16.0 Å². The molecule has 1 saturated heterocycles. The summed E-state index contributed by atoms with van der Waals surface area (Å²) in [6, 6.07) is 20.6. The second kappa shape index (κ2) is 14.2. The van der Waals surface area contributed by atoms with E-state index >= 15 is 0 Å². The summed E-state index contributed by atoms with van der Waals surface area (Å²) in [5, 5.41) is 9.27. The molecule has 43 heavy (non-hydrogen) atoms. The average molecular weight is 585 g/mol. The Morgan fingerprint density at radius 3 is 2.35 bits per heavy atom. The highest BCUT2D eigenvalue weighted by Gasteiger charge is 2.33. The number of anilines is 1. The summed E-state index contributed by atoms with van der Waals surface area (Å²) in [5.74, 6) is 0.0747. The van der Waals surface area contributed by atoms with E-state index < -0.39 is 12.3 Å². The lowest BCUT2D eigenvalue weighted by molar-refractivity contribution is -0.133. The predicted octanol–water partition coefficient (Wildman–Crippen LogP) is 3.57. The number of nitrogens with zero attached hydrogens (tertiary/aromatic N) is 5. The fourth-order valence-corrected chi connectivity index (χ4v) is 5.33. The summed E-state index contributed by atoms with van der Waals surface area (Å²) in [7, 11) is 4.00. The lowest BCUT2D eigenvalue weighted by Gasteiger charge is -2.20. The Kier molecular flexibility index (Phi) is 9.96. The SMILES string of the molecule is CCNC(=O)C1CCC(n2cnc3c(NCC(c4ccccc4)c4ccccc4)nc(C(=O)NCCCN(C)C)nc32)O1. The third kappa shape index (κ3) is 7.36. The lowest BCUT2D eigenvalue weighted by atomic mass is 9.91. The third-order valence-electron chi connectivity index (χ3n) is 7.52. The average Bonchev–Trinajstić information content (AvgIpc) is 3.68. The molecular formula is C32H40N8O3. The van der Waals surface area contributed by atoms with Gasteiger partial charge in [-0.2, -0.15) is 0 Å². The molecule has 3 heterocycles. The Balaban J connectivity index is 1.45. The summed E-state index contributed by atoms with van der Waals surface area (Å²) >= 11 is 0. The quantitative estimate of drug-likeness (QED) is 0.204. The van der Waals surface area contributed by atoms with E-state index in [4.69, 9.17) is 4.74 Å². The lowest BCUT2D eigenvalue weighted by Crippen LogP contribution is -2.34. The summed E-state index contributed by atoms with van der Waals surface area (Å²) in [6.07, 6.45) is 2.69. The number of imidazole rings is 1. The zero-order valence-corrected chi connectivity index (χ0v) is 25.0. The number of ether oxygens (including phenoxy) is 1. The van der Waals surface area contributed by atoms with Crippen LogP contribution >= 0.6 is 0 Å². The molecule has 2 unspecified atom stereocenters. The highest BCUT2D eigenvalue weighted by Crippen LogP contribution is 2.32. The fourth-order valence-electron chi connectivity index (χ4n) is 5.33. The molecule has 0 spiro atoms. The molecule has 2 amide bonds. The van der Waals surface area contributed by atoms with Crippen molar-refractivity contribution >= 4 is 28.8 Å². The Labute approximate surface area is 252 Å². The van der Waals surface area contributed by atoms with Crippen molar-refractivity contribution in [3.8, 4) is 0 Å². The van der Waals surface area contributed by atoms with E-state index in [1.54, 1.807) is 10.9 Å². The van der Waals surface area contributed by atoms with Crippen molar-refractivity contribution in [2.24, 2.45) is 0 Å². The van der Waals surface area contributed by atoms with Gasteiger partial charge in [-0.3, -0.25) is 14.2 Å². The number of amides is 2. The van der Waals surface area contributed by atoms with Crippen molar-refractivity contribution < 1.29 is 14.3 Å². The molecule has 2 aromatic carbocycles. The minimum absolute atomic E-state index is 0.0359. The van der Waals surface area contributed by atoms with Crippen LogP contribution in [-0.4, -0.2) is 82.6 Å². The monoisotopic (exact) mass is 584 g/mol. The van der Waals surface area contributed by atoms with Crippen LogP contribution in [0, 0.1) is 0 Å². The summed E-state index contributed by atoms with van der Waals surface area (Å²) in [6.45, 7) is 4.30. The van der Waals surface area contributed by atoms with Crippen LogP contribution in [0.15, 0.2) is 67.0 Å². The van der Waals surface area contributed by atoms with Crippen LogP contribution in [0.25, 0.3) is 11.2 Å². The second-order valence-electron chi connectivity index (χ2n) is 10.9. The van der Waals surface area contributed by atoms with Crippen LogP contribution in [0.2, 0.25) is 0 Å². The molecule has 11 nitrogen and oxygen atoms in total. The van der Waals surface area contributed by atoms with Gasteiger partial charge in [-0.05, 0) is 58.0 Å². The van der Waals surface area contributed by atoms with Gasteiger partial charge in [-0.25, -0.2) is 15.0 Å². The van der Waals surface area contributed by atoms with E-state index in [-0.39, 0.29) is 23.6 Å². The first kappa shape index (κ1) is 30.1. The largest absolute Gasteiger partial charge is 0.367 e. The van der Waals surface area contributed by atoms with E-state index in [0.717, 1.165) is 24.1 Å². The Hall–Kier alpha value is -4.35. The first-order valence-electron chi connectivity index (χ1n) is 14.9. The Bertz CT molecular complexity index is 1470. The molecule has 0 saturated carbocycles. The number of fused-ring (bicyclic) bond motifs is 1. The summed E-state index contributed by atoms with van der Waals surface area (Å²) < 4.78 is 7.91. The molecular weight excluding hydrogens is 544 g/mol. The number of benzene rings is 2. The number of nitrogens with one attached hydrogen (secondary N) is 3. The summed E-state index contributed by atoms with van der Waals surface area (Å²) in [5.41, 5.74) is 3.33. The first-order valence-corrected chi connectivity index (χ1v) is 14.9. The Morgan fingerprint density at radius 2 is 1.70 bits per heavy atom. The number of carbonyl (C=O) groups is 2. The van der Waals surface area contributed by atoms with Crippen LogP contribution in [0.3, 0.4) is 0 Å². The van der Waals surface area contributed by atoms with E-state index in [2.05, 4.69) is 60.1 Å². The molecule has 2 atom stereocenters. The van der Waals surface area contributed by atoms with Gasteiger partial charge in [-0.15, -0.1) is 0 Å². The molecule has 0 aliphatic carbocycles. The smallest absolute Gasteiger partial charge is 0.289 e. The molecule has 226 valence electrons. The van der Waals surface area contributed by atoms with Gasteiger partial charge in [0.15, 0.2) is 17.0 Å². The maximum atomic E-state index is 13.2. The van der Waals surface area contributed by atoms with Crippen LogP contribution in [0.4, 0.5) is 5.82 Å². The molecule has 0 radical (unpaired) electrons. The van der Waals surface area contributed by atoms with Gasteiger partial charge in [0.25, 0.3) is 5.91 Å². The van der Waals surface area contributed by atoms with Crippen molar-refractivity contribution in [2.45, 2.75) is 44.4 Å². The number of rotatable bonds is 13. The Morgan fingerprint density at radius 1 is 1.00 bits per heavy atom. The molecule has 1 aliphatic rings. The molecule has 4 aromatic rings. The minimum Gasteiger partial charge on any atom is -0.367 e. The standard InChI is InChI=1S/C32H40N8O3/c1-4-33-31(41)25-16-17-26(43-25)40-21-36-27-28(37-29(38-30(27)40)32(42)34-18-11-19-39(2)3)35-20-24(22-12-7-5-8-13-22)23-14-9-6-10-15-23/h5-10,12-15,21,24-26H,4,11,16-20H2,1-3H3,(H,33,41)(H,34,42)(H,35,37,38). The van der Waals surface area contributed by atoms with Crippen LogP contribution in [-0.2, 0) is 9.53 Å². The third-order valence-corrected chi connectivity index (χ3v) is 7.52. The van der Waals surface area contributed by atoms with Crippen molar-refractivity contribution in [3.63, 3.8) is 0 Å². The van der Waals surface area contributed by atoms with E-state index in [1.165, 1.54) is 0 Å². The molecule has 1 aliphatic heterocycles. The number of carbonyl (C=O) groups excluding carboxylic acids is 2. The van der Waals surface area contributed by atoms with Gasteiger partial charge in [0.05, 0.1) is 6.33 Å². The molecule has 3 N–H and O–H groups in total. The second-order valence-corrected chi connectivity index (χ2v) is 10.9.